The van der Waals surface area contributed by atoms with Gasteiger partial charge in [-0.05, 0) is 18.6 Å². The third-order valence-corrected chi connectivity index (χ3v) is 1.55. The topological polar surface area (TPSA) is 17.8 Å². The van der Waals surface area contributed by atoms with Crippen LogP contribution in [0.25, 0.3) is 5.70 Å². The van der Waals surface area contributed by atoms with Crippen LogP contribution in [0.2, 0.25) is 0 Å². The Labute approximate surface area is 73.2 Å². The van der Waals surface area contributed by atoms with Crippen LogP contribution >= 0.6 is 0 Å². The molecule has 0 unspecified atom stereocenters. The summed E-state index contributed by atoms with van der Waals surface area (Å²) in [6, 6.07) is 0. The summed E-state index contributed by atoms with van der Waals surface area (Å²) in [5.41, 5.74) is 5.42. The Morgan fingerprint density at radius 2 is 2.17 bits per heavy atom. The standard InChI is InChI=1S/C8H8N2.C2H6/c1-7-5-9-10(6-7)8-3-2-4-8;1-2/h2,5-6H,3H2,1H3;1-2H3. The van der Waals surface area contributed by atoms with E-state index in [-0.39, 0.29) is 0 Å². The lowest BCUT2D eigenvalue weighted by Crippen LogP contribution is -1.98. The second kappa shape index (κ2) is 3.93. The maximum Gasteiger partial charge on any atom is 0.0877 e. The van der Waals surface area contributed by atoms with Gasteiger partial charge in [0.15, 0.2) is 0 Å². The molecule has 1 heterocycles. The quantitative estimate of drug-likeness (QED) is 0.580. The van der Waals surface area contributed by atoms with Crippen LogP contribution in [-0.2, 0) is 0 Å². The zero-order valence-corrected chi connectivity index (χ0v) is 7.83. The first-order chi connectivity index (χ1) is 5.86. The van der Waals surface area contributed by atoms with E-state index < -0.39 is 0 Å². The minimum absolute atomic E-state index is 1.00. The lowest BCUT2D eigenvalue weighted by atomic mass is 10.2. The Balaban J connectivity index is 0.000000336. The van der Waals surface area contributed by atoms with Gasteiger partial charge in [-0.1, -0.05) is 13.8 Å². The summed E-state index contributed by atoms with van der Waals surface area (Å²) in [5, 5.41) is 4.13. The van der Waals surface area contributed by atoms with Gasteiger partial charge >= 0.3 is 0 Å². The Morgan fingerprint density at radius 1 is 1.50 bits per heavy atom. The number of rotatable bonds is 1. The fraction of sp³-hybridized carbons (Fsp3) is 0.400. The molecule has 1 aliphatic rings. The zero-order valence-electron chi connectivity index (χ0n) is 7.83. The predicted molar refractivity (Wildman–Crippen MR) is 50.7 cm³/mol. The maximum atomic E-state index is 4.13. The number of allylic oxidation sites excluding steroid dienone is 1. The molecule has 2 rings (SSSR count). The number of nitrogens with zero attached hydrogens (tertiary/aromatic N) is 2. The van der Waals surface area contributed by atoms with E-state index in [1.54, 1.807) is 0 Å². The monoisotopic (exact) mass is 162 g/mol. The van der Waals surface area contributed by atoms with Crippen LogP contribution in [0.4, 0.5) is 0 Å². The van der Waals surface area contributed by atoms with Gasteiger partial charge in [0, 0.05) is 12.6 Å². The van der Waals surface area contributed by atoms with Crippen LogP contribution in [0.3, 0.4) is 0 Å². The van der Waals surface area contributed by atoms with Crippen molar-refractivity contribution < 1.29 is 0 Å². The minimum Gasteiger partial charge on any atom is -0.237 e. The van der Waals surface area contributed by atoms with E-state index in [0.717, 1.165) is 12.1 Å². The molecular weight excluding hydrogens is 148 g/mol. The largest absolute Gasteiger partial charge is 0.237 e. The molecule has 2 nitrogen and oxygen atoms in total. The smallest absolute Gasteiger partial charge is 0.0877 e. The van der Waals surface area contributed by atoms with Gasteiger partial charge in [-0.2, -0.15) is 5.10 Å². The molecular formula is C10H14N2. The number of aromatic nitrogens is 2. The molecule has 64 valence electrons. The molecule has 0 atom stereocenters. The molecule has 0 bridgehead atoms. The van der Waals surface area contributed by atoms with Crippen molar-refractivity contribution in [3.8, 4) is 0 Å². The molecule has 1 aromatic heterocycles. The Bertz CT molecular complexity index is 314. The molecule has 1 aliphatic carbocycles. The van der Waals surface area contributed by atoms with Gasteiger partial charge in [-0.3, -0.25) is 0 Å². The number of hydrogen-bond acceptors (Lipinski definition) is 1. The fourth-order valence-electron chi connectivity index (χ4n) is 0.913. The zero-order chi connectivity index (χ0) is 8.97. The third-order valence-electron chi connectivity index (χ3n) is 1.55. The summed E-state index contributed by atoms with van der Waals surface area (Å²) >= 11 is 0. The van der Waals surface area contributed by atoms with Gasteiger partial charge in [0.05, 0.1) is 11.9 Å². The molecule has 0 aliphatic heterocycles. The summed E-state index contributed by atoms with van der Waals surface area (Å²) in [6.45, 7) is 6.03. The maximum absolute atomic E-state index is 4.13. The van der Waals surface area contributed by atoms with E-state index >= 15 is 0 Å². The highest BCUT2D eigenvalue weighted by Crippen LogP contribution is 2.14. The van der Waals surface area contributed by atoms with E-state index in [0.29, 0.717) is 0 Å². The van der Waals surface area contributed by atoms with Crippen molar-refractivity contribution in [1.82, 2.24) is 9.78 Å². The van der Waals surface area contributed by atoms with Crippen molar-refractivity contribution in [2.75, 3.05) is 0 Å². The van der Waals surface area contributed by atoms with Gasteiger partial charge in [-0.15, -0.1) is 5.73 Å². The van der Waals surface area contributed by atoms with Crippen molar-refractivity contribution in [3.63, 3.8) is 0 Å². The molecule has 0 radical (unpaired) electrons. The SMILES string of the molecule is CC.Cc1cnn(C2=C=CC2)c1. The first-order valence-electron chi connectivity index (χ1n) is 4.32. The molecule has 0 fully saturated rings. The molecule has 0 saturated heterocycles. The van der Waals surface area contributed by atoms with Crippen LogP contribution in [0, 0.1) is 6.92 Å². The van der Waals surface area contributed by atoms with E-state index in [9.17, 15) is 0 Å². The van der Waals surface area contributed by atoms with Crippen LogP contribution in [0.5, 0.6) is 0 Å². The third kappa shape index (κ3) is 1.66. The number of hydrogen-bond donors (Lipinski definition) is 0. The second-order valence-electron chi connectivity index (χ2n) is 2.46. The summed E-state index contributed by atoms with van der Waals surface area (Å²) in [6.07, 6.45) is 6.87. The van der Waals surface area contributed by atoms with Crippen molar-refractivity contribution in [2.45, 2.75) is 27.2 Å². The summed E-state index contributed by atoms with van der Waals surface area (Å²) in [7, 11) is 0. The van der Waals surface area contributed by atoms with Crippen molar-refractivity contribution in [1.29, 1.82) is 0 Å². The normalized spacial score (nSPS) is 12.8. The predicted octanol–water partition coefficient (Wildman–Crippen LogP) is 2.62. The second-order valence-corrected chi connectivity index (χ2v) is 2.46. The van der Waals surface area contributed by atoms with Crippen molar-refractivity contribution in [3.05, 3.63) is 29.8 Å². The molecule has 0 aromatic carbocycles. The number of aryl methyl sites for hydroxylation is 1. The Kier molecular flexibility index (Phi) is 2.89. The van der Waals surface area contributed by atoms with E-state index in [1.807, 2.05) is 43.9 Å². The van der Waals surface area contributed by atoms with Crippen LogP contribution in [-0.4, -0.2) is 9.78 Å². The molecule has 12 heavy (non-hydrogen) atoms. The fourth-order valence-corrected chi connectivity index (χ4v) is 0.913. The average molecular weight is 162 g/mol. The first kappa shape index (κ1) is 8.82. The van der Waals surface area contributed by atoms with Crippen LogP contribution in [0.1, 0.15) is 25.8 Å². The van der Waals surface area contributed by atoms with Gasteiger partial charge in [0.1, 0.15) is 0 Å². The first-order valence-corrected chi connectivity index (χ1v) is 4.32. The lowest BCUT2D eigenvalue weighted by Gasteiger charge is -2.05. The van der Waals surface area contributed by atoms with Gasteiger partial charge in [0.2, 0.25) is 0 Å². The van der Waals surface area contributed by atoms with Crippen LogP contribution < -0.4 is 0 Å². The molecule has 0 saturated carbocycles. The van der Waals surface area contributed by atoms with Gasteiger partial charge in [-0.25, -0.2) is 4.68 Å². The van der Waals surface area contributed by atoms with Crippen molar-refractivity contribution >= 4 is 5.70 Å². The van der Waals surface area contributed by atoms with E-state index in [4.69, 9.17) is 0 Å². The molecule has 1 aromatic rings. The van der Waals surface area contributed by atoms with Crippen LogP contribution in [0.15, 0.2) is 24.2 Å². The molecule has 0 amide bonds. The highest BCUT2D eigenvalue weighted by molar-refractivity contribution is 5.51. The minimum atomic E-state index is 1.00. The Morgan fingerprint density at radius 3 is 2.50 bits per heavy atom. The summed E-state index contributed by atoms with van der Waals surface area (Å²) in [5.74, 6) is 0. The highest BCUT2D eigenvalue weighted by Gasteiger charge is 2.03. The highest BCUT2D eigenvalue weighted by atomic mass is 15.3. The van der Waals surface area contributed by atoms with Crippen molar-refractivity contribution in [2.24, 2.45) is 0 Å². The molecule has 0 N–H and O–H groups in total. The van der Waals surface area contributed by atoms with E-state index in [2.05, 4.69) is 10.8 Å². The average Bonchev–Trinajstić information content (AvgIpc) is 2.37. The summed E-state index contributed by atoms with van der Waals surface area (Å²) < 4.78 is 1.87. The molecule has 2 heteroatoms. The van der Waals surface area contributed by atoms with Gasteiger partial charge < -0.3 is 0 Å². The van der Waals surface area contributed by atoms with Gasteiger partial charge in [0.25, 0.3) is 0 Å². The molecule has 0 spiro atoms. The van der Waals surface area contributed by atoms with E-state index in [1.165, 1.54) is 5.56 Å². The lowest BCUT2D eigenvalue weighted by molar-refractivity contribution is 0.869. The Hall–Kier alpha value is -1.27. The summed E-state index contributed by atoms with van der Waals surface area (Å²) in [4.78, 5) is 0.